The van der Waals surface area contributed by atoms with Crippen molar-refractivity contribution in [3.05, 3.63) is 34.4 Å². The lowest BCUT2D eigenvalue weighted by atomic mass is 9.76. The summed E-state index contributed by atoms with van der Waals surface area (Å²) in [5.41, 5.74) is 5.38. The van der Waals surface area contributed by atoms with Crippen LogP contribution in [0.4, 0.5) is 0 Å². The SMILES string of the molecule is CC(=O)N1CC2(CCN(Cc3c(C)cc(C)cc3C)CC2)C[C@@H]1C(=O)O. The molecule has 0 bridgehead atoms. The zero-order valence-electron chi connectivity index (χ0n) is 16.3. The molecule has 2 heterocycles. The maximum atomic E-state index is 11.8. The van der Waals surface area contributed by atoms with E-state index < -0.39 is 12.0 Å². The van der Waals surface area contributed by atoms with Gasteiger partial charge in [0.2, 0.25) is 5.91 Å². The van der Waals surface area contributed by atoms with Gasteiger partial charge in [-0.25, -0.2) is 4.79 Å². The van der Waals surface area contributed by atoms with Crippen molar-refractivity contribution in [3.8, 4) is 0 Å². The third kappa shape index (κ3) is 3.63. The number of amides is 1. The smallest absolute Gasteiger partial charge is 0.326 e. The third-order valence-electron chi connectivity index (χ3n) is 6.34. The lowest BCUT2D eigenvalue weighted by Crippen LogP contribution is -2.42. The van der Waals surface area contributed by atoms with E-state index in [1.54, 1.807) is 4.90 Å². The Morgan fingerprint density at radius 3 is 2.19 bits per heavy atom. The summed E-state index contributed by atoms with van der Waals surface area (Å²) < 4.78 is 0. The number of hydrogen-bond donors (Lipinski definition) is 1. The van der Waals surface area contributed by atoms with Crippen molar-refractivity contribution in [3.63, 3.8) is 0 Å². The number of piperidine rings is 1. The Morgan fingerprint density at radius 1 is 1.15 bits per heavy atom. The minimum atomic E-state index is -0.870. The van der Waals surface area contributed by atoms with Gasteiger partial charge in [-0.15, -0.1) is 0 Å². The van der Waals surface area contributed by atoms with Crippen LogP contribution in [0.2, 0.25) is 0 Å². The van der Waals surface area contributed by atoms with Gasteiger partial charge in [0.15, 0.2) is 0 Å². The molecule has 1 aromatic carbocycles. The van der Waals surface area contributed by atoms with E-state index >= 15 is 0 Å². The summed E-state index contributed by atoms with van der Waals surface area (Å²) in [5.74, 6) is -0.993. The fraction of sp³-hybridized carbons (Fsp3) is 0.619. The van der Waals surface area contributed by atoms with Gasteiger partial charge in [-0.1, -0.05) is 17.7 Å². The Kier molecular flexibility index (Phi) is 5.11. The number of carbonyl (C=O) groups excluding carboxylic acids is 1. The summed E-state index contributed by atoms with van der Waals surface area (Å²) in [7, 11) is 0. The second-order valence-corrected chi connectivity index (χ2v) is 8.36. The normalized spacial score (nSPS) is 22.8. The zero-order valence-corrected chi connectivity index (χ0v) is 16.3. The summed E-state index contributed by atoms with van der Waals surface area (Å²) in [5, 5.41) is 9.47. The van der Waals surface area contributed by atoms with Gasteiger partial charge in [0, 0.05) is 20.0 Å². The monoisotopic (exact) mass is 358 g/mol. The van der Waals surface area contributed by atoms with Gasteiger partial charge in [0.25, 0.3) is 0 Å². The first-order chi connectivity index (χ1) is 12.2. The maximum absolute atomic E-state index is 11.8. The van der Waals surface area contributed by atoms with Crippen LogP contribution in [0.3, 0.4) is 0 Å². The van der Waals surface area contributed by atoms with Crippen molar-refractivity contribution in [1.82, 2.24) is 9.80 Å². The summed E-state index contributed by atoms with van der Waals surface area (Å²) in [4.78, 5) is 27.4. The van der Waals surface area contributed by atoms with Crippen LogP contribution in [0.15, 0.2) is 12.1 Å². The lowest BCUT2D eigenvalue weighted by molar-refractivity contribution is -0.147. The van der Waals surface area contributed by atoms with Gasteiger partial charge in [0.05, 0.1) is 0 Å². The van der Waals surface area contributed by atoms with E-state index in [0.717, 1.165) is 32.5 Å². The Labute approximate surface area is 156 Å². The first-order valence-corrected chi connectivity index (χ1v) is 9.50. The number of hydrogen-bond acceptors (Lipinski definition) is 3. The van der Waals surface area contributed by atoms with Crippen molar-refractivity contribution in [2.24, 2.45) is 5.41 Å². The highest BCUT2D eigenvalue weighted by molar-refractivity contribution is 5.83. The average molecular weight is 358 g/mol. The number of aliphatic carboxylic acids is 1. The van der Waals surface area contributed by atoms with E-state index in [-0.39, 0.29) is 11.3 Å². The molecule has 2 aliphatic rings. The molecular formula is C21H30N2O3. The number of nitrogens with zero attached hydrogens (tertiary/aromatic N) is 2. The van der Waals surface area contributed by atoms with Crippen LogP contribution in [-0.4, -0.2) is 52.5 Å². The van der Waals surface area contributed by atoms with E-state index in [1.165, 1.54) is 29.2 Å². The molecule has 1 spiro atoms. The topological polar surface area (TPSA) is 60.9 Å². The second kappa shape index (κ2) is 7.03. The molecule has 0 aromatic heterocycles. The quantitative estimate of drug-likeness (QED) is 0.902. The van der Waals surface area contributed by atoms with Crippen LogP contribution in [0, 0.1) is 26.2 Å². The van der Waals surface area contributed by atoms with Crippen LogP contribution in [0.5, 0.6) is 0 Å². The van der Waals surface area contributed by atoms with Crippen molar-refractivity contribution >= 4 is 11.9 Å². The van der Waals surface area contributed by atoms with E-state index in [0.29, 0.717) is 13.0 Å². The summed E-state index contributed by atoms with van der Waals surface area (Å²) in [6, 6.07) is 3.83. The molecule has 142 valence electrons. The van der Waals surface area contributed by atoms with Crippen molar-refractivity contribution in [1.29, 1.82) is 0 Å². The summed E-state index contributed by atoms with van der Waals surface area (Å²) in [6.07, 6.45) is 2.52. The fourth-order valence-corrected chi connectivity index (χ4v) is 4.84. The number of carboxylic acids is 1. The highest BCUT2D eigenvalue weighted by Crippen LogP contribution is 2.43. The molecule has 2 fully saturated rings. The average Bonchev–Trinajstić information content (AvgIpc) is 2.93. The van der Waals surface area contributed by atoms with E-state index in [1.807, 2.05) is 0 Å². The largest absolute Gasteiger partial charge is 0.480 e. The molecule has 5 nitrogen and oxygen atoms in total. The number of carboxylic acid groups (broad SMARTS) is 1. The van der Waals surface area contributed by atoms with Gasteiger partial charge in [-0.2, -0.15) is 0 Å². The molecule has 1 atom stereocenters. The molecule has 0 unspecified atom stereocenters. The number of benzene rings is 1. The predicted octanol–water partition coefficient (Wildman–Crippen LogP) is 2.90. The van der Waals surface area contributed by atoms with Crippen LogP contribution in [0.25, 0.3) is 0 Å². The standard InChI is InChI=1S/C21H30N2O3/c1-14-9-15(2)18(16(3)10-14)12-22-7-5-21(6-8-22)11-19(20(25)26)23(13-21)17(4)24/h9-10,19H,5-8,11-13H2,1-4H3,(H,25,26)/t19-/m1/s1. The molecular weight excluding hydrogens is 328 g/mol. The highest BCUT2D eigenvalue weighted by Gasteiger charge is 2.49. The Hall–Kier alpha value is -1.88. The van der Waals surface area contributed by atoms with Crippen molar-refractivity contribution in [2.75, 3.05) is 19.6 Å². The molecule has 2 saturated heterocycles. The van der Waals surface area contributed by atoms with Gasteiger partial charge >= 0.3 is 5.97 Å². The predicted molar refractivity (Wildman–Crippen MR) is 101 cm³/mol. The van der Waals surface area contributed by atoms with E-state index in [9.17, 15) is 14.7 Å². The Balaban J connectivity index is 1.66. The number of carbonyl (C=O) groups is 2. The van der Waals surface area contributed by atoms with Gasteiger partial charge in [0.1, 0.15) is 6.04 Å². The Morgan fingerprint density at radius 2 is 1.73 bits per heavy atom. The van der Waals surface area contributed by atoms with Crippen molar-refractivity contribution < 1.29 is 14.7 Å². The highest BCUT2D eigenvalue weighted by atomic mass is 16.4. The van der Waals surface area contributed by atoms with Gasteiger partial charge in [-0.3, -0.25) is 9.69 Å². The molecule has 2 aliphatic heterocycles. The molecule has 1 N–H and O–H groups in total. The zero-order chi connectivity index (χ0) is 19.1. The second-order valence-electron chi connectivity index (χ2n) is 8.36. The molecule has 0 saturated carbocycles. The number of rotatable bonds is 3. The fourth-order valence-electron chi connectivity index (χ4n) is 4.84. The van der Waals surface area contributed by atoms with Crippen molar-refractivity contribution in [2.45, 2.75) is 59.5 Å². The van der Waals surface area contributed by atoms with E-state index in [2.05, 4.69) is 37.8 Å². The van der Waals surface area contributed by atoms with Crippen LogP contribution in [0.1, 0.15) is 48.4 Å². The van der Waals surface area contributed by atoms with Gasteiger partial charge < -0.3 is 10.0 Å². The molecule has 0 aliphatic carbocycles. The molecule has 1 amide bonds. The Bertz CT molecular complexity index is 673. The number of likely N-dealkylation sites (tertiary alicyclic amines) is 2. The molecule has 1 aromatic rings. The summed E-state index contributed by atoms with van der Waals surface area (Å²) in [6.45, 7) is 11.4. The third-order valence-corrected chi connectivity index (χ3v) is 6.34. The van der Waals surface area contributed by atoms with Crippen LogP contribution in [-0.2, 0) is 16.1 Å². The lowest BCUT2D eigenvalue weighted by Gasteiger charge is -2.39. The van der Waals surface area contributed by atoms with Crippen LogP contribution < -0.4 is 0 Å². The first-order valence-electron chi connectivity index (χ1n) is 9.50. The van der Waals surface area contributed by atoms with Crippen LogP contribution >= 0.6 is 0 Å². The summed E-state index contributed by atoms with van der Waals surface area (Å²) >= 11 is 0. The maximum Gasteiger partial charge on any atom is 0.326 e. The first kappa shape index (κ1) is 18.9. The minimum absolute atomic E-state index is 0.0252. The molecule has 0 radical (unpaired) electrons. The number of aryl methyl sites for hydroxylation is 3. The molecule has 26 heavy (non-hydrogen) atoms. The minimum Gasteiger partial charge on any atom is -0.480 e. The van der Waals surface area contributed by atoms with E-state index in [4.69, 9.17) is 0 Å². The van der Waals surface area contributed by atoms with Gasteiger partial charge in [-0.05, 0) is 75.2 Å². The molecule has 5 heteroatoms. The molecule has 3 rings (SSSR count).